The first-order valence-corrected chi connectivity index (χ1v) is 6.42. The molecular formula is C13H15NOS. The van der Waals surface area contributed by atoms with Crippen LogP contribution in [0.25, 0.3) is 0 Å². The fourth-order valence-electron chi connectivity index (χ4n) is 1.69. The number of carbonyl (C=O) groups is 1. The Labute approximate surface area is 100 Å². The van der Waals surface area contributed by atoms with Crippen LogP contribution in [0, 0.1) is 25.2 Å². The van der Waals surface area contributed by atoms with Crippen molar-refractivity contribution in [1.29, 1.82) is 0 Å². The van der Waals surface area contributed by atoms with Crippen molar-refractivity contribution in [3.05, 3.63) is 21.9 Å². The molecule has 0 aromatic carbocycles. The number of carbonyl (C=O) groups excluding carboxylic acids is 1. The first kappa shape index (κ1) is 11.2. The van der Waals surface area contributed by atoms with E-state index in [0.717, 1.165) is 17.7 Å². The summed E-state index contributed by atoms with van der Waals surface area (Å²) in [5, 5.41) is 3.91. The molecule has 1 saturated carbocycles. The van der Waals surface area contributed by atoms with Crippen LogP contribution in [-0.4, -0.2) is 23.9 Å². The highest BCUT2D eigenvalue weighted by Crippen LogP contribution is 2.30. The summed E-state index contributed by atoms with van der Waals surface area (Å²) in [6, 6.07) is 0. The van der Waals surface area contributed by atoms with Crippen molar-refractivity contribution in [3.63, 3.8) is 0 Å². The molecule has 0 saturated heterocycles. The Kier molecular flexibility index (Phi) is 3.31. The highest BCUT2D eigenvalue weighted by atomic mass is 32.1. The number of rotatable bonds is 4. The zero-order valence-electron chi connectivity index (χ0n) is 9.40. The maximum atomic E-state index is 12.2. The van der Waals surface area contributed by atoms with Gasteiger partial charge in [0.05, 0.1) is 12.1 Å². The van der Waals surface area contributed by atoms with Crippen LogP contribution >= 0.6 is 11.3 Å². The zero-order chi connectivity index (χ0) is 11.5. The largest absolute Gasteiger partial charge is 0.327 e. The highest BCUT2D eigenvalue weighted by molar-refractivity contribution is 7.08. The third-order valence-corrected chi connectivity index (χ3v) is 3.69. The number of terminal acetylenes is 1. The molecule has 1 aromatic heterocycles. The highest BCUT2D eigenvalue weighted by Gasteiger charge is 2.27. The second-order valence-electron chi connectivity index (χ2n) is 4.30. The Morgan fingerprint density at radius 1 is 1.62 bits per heavy atom. The number of hydrogen-bond donors (Lipinski definition) is 0. The van der Waals surface area contributed by atoms with E-state index < -0.39 is 0 Å². The summed E-state index contributed by atoms with van der Waals surface area (Å²) in [6.07, 6.45) is 7.78. The molecular weight excluding hydrogens is 218 g/mol. The lowest BCUT2D eigenvalue weighted by Gasteiger charge is -2.19. The molecule has 0 aliphatic heterocycles. The van der Waals surface area contributed by atoms with E-state index in [1.807, 2.05) is 17.7 Å². The minimum Gasteiger partial charge on any atom is -0.327 e. The van der Waals surface area contributed by atoms with Gasteiger partial charge in [-0.05, 0) is 36.6 Å². The van der Waals surface area contributed by atoms with Crippen molar-refractivity contribution in [2.24, 2.45) is 5.92 Å². The number of thiophene rings is 1. The third kappa shape index (κ3) is 2.45. The maximum absolute atomic E-state index is 12.2. The third-order valence-electron chi connectivity index (χ3n) is 2.83. The number of hydrogen-bond acceptors (Lipinski definition) is 2. The summed E-state index contributed by atoms with van der Waals surface area (Å²) in [6.45, 7) is 3.21. The van der Waals surface area contributed by atoms with Crippen LogP contribution in [0.15, 0.2) is 10.8 Å². The van der Waals surface area contributed by atoms with Crippen LogP contribution in [0.4, 0.5) is 0 Å². The average molecular weight is 233 g/mol. The molecule has 0 bridgehead atoms. The SMILES string of the molecule is C#CCN(CC1CC1)C(=O)c1cscc1C. The Balaban J connectivity index is 2.10. The van der Waals surface area contributed by atoms with Gasteiger partial charge in [-0.15, -0.1) is 6.42 Å². The first-order chi connectivity index (χ1) is 7.72. The van der Waals surface area contributed by atoms with Gasteiger partial charge in [0.1, 0.15) is 0 Å². The Morgan fingerprint density at radius 3 is 2.88 bits per heavy atom. The average Bonchev–Trinajstić information content (AvgIpc) is 2.98. The number of nitrogens with zero attached hydrogens (tertiary/aromatic N) is 1. The van der Waals surface area contributed by atoms with Gasteiger partial charge in [-0.3, -0.25) is 4.79 Å². The molecule has 0 radical (unpaired) electrons. The smallest absolute Gasteiger partial charge is 0.255 e. The van der Waals surface area contributed by atoms with E-state index in [-0.39, 0.29) is 5.91 Å². The van der Waals surface area contributed by atoms with Gasteiger partial charge >= 0.3 is 0 Å². The summed E-state index contributed by atoms with van der Waals surface area (Å²) < 4.78 is 0. The van der Waals surface area contributed by atoms with Gasteiger partial charge in [0.25, 0.3) is 5.91 Å². The molecule has 84 valence electrons. The van der Waals surface area contributed by atoms with Gasteiger partial charge in [0.2, 0.25) is 0 Å². The second kappa shape index (κ2) is 4.71. The topological polar surface area (TPSA) is 20.3 Å². The van der Waals surface area contributed by atoms with Crippen LogP contribution < -0.4 is 0 Å². The second-order valence-corrected chi connectivity index (χ2v) is 5.05. The van der Waals surface area contributed by atoms with E-state index in [2.05, 4.69) is 5.92 Å². The van der Waals surface area contributed by atoms with Crippen molar-refractivity contribution < 1.29 is 4.79 Å². The molecule has 1 amide bonds. The molecule has 0 unspecified atom stereocenters. The molecule has 1 aliphatic carbocycles. The van der Waals surface area contributed by atoms with Gasteiger partial charge in [-0.25, -0.2) is 0 Å². The van der Waals surface area contributed by atoms with Crippen molar-refractivity contribution in [2.75, 3.05) is 13.1 Å². The predicted octanol–water partition coefficient (Wildman–Crippen LogP) is 2.54. The first-order valence-electron chi connectivity index (χ1n) is 5.48. The van der Waals surface area contributed by atoms with Crippen molar-refractivity contribution in [3.8, 4) is 12.3 Å². The minimum absolute atomic E-state index is 0.0867. The minimum atomic E-state index is 0.0867. The van der Waals surface area contributed by atoms with Crippen LogP contribution in [-0.2, 0) is 0 Å². The molecule has 3 heteroatoms. The van der Waals surface area contributed by atoms with Crippen molar-refractivity contribution >= 4 is 17.2 Å². The Bertz CT molecular complexity index is 425. The summed E-state index contributed by atoms with van der Waals surface area (Å²) in [4.78, 5) is 14.0. The van der Waals surface area contributed by atoms with E-state index in [1.165, 1.54) is 12.8 Å². The van der Waals surface area contributed by atoms with Gasteiger partial charge in [-0.1, -0.05) is 5.92 Å². The van der Waals surface area contributed by atoms with E-state index in [0.29, 0.717) is 12.5 Å². The molecule has 0 N–H and O–H groups in total. The van der Waals surface area contributed by atoms with Crippen LogP contribution in [0.5, 0.6) is 0 Å². The maximum Gasteiger partial charge on any atom is 0.255 e. The predicted molar refractivity (Wildman–Crippen MR) is 66.5 cm³/mol. The summed E-state index contributed by atoms with van der Waals surface area (Å²) in [5.41, 5.74) is 1.86. The summed E-state index contributed by atoms with van der Waals surface area (Å²) in [5.74, 6) is 3.34. The Hall–Kier alpha value is -1.27. The van der Waals surface area contributed by atoms with Crippen LogP contribution in [0.1, 0.15) is 28.8 Å². The van der Waals surface area contributed by atoms with Gasteiger partial charge in [0.15, 0.2) is 0 Å². The normalized spacial score (nSPS) is 14.5. The van der Waals surface area contributed by atoms with E-state index in [4.69, 9.17) is 6.42 Å². The summed E-state index contributed by atoms with van der Waals surface area (Å²) >= 11 is 1.57. The number of aryl methyl sites for hydroxylation is 1. The monoisotopic (exact) mass is 233 g/mol. The lowest BCUT2D eigenvalue weighted by molar-refractivity contribution is 0.0769. The van der Waals surface area contributed by atoms with E-state index >= 15 is 0 Å². The molecule has 1 aromatic rings. The van der Waals surface area contributed by atoms with Gasteiger partial charge in [0, 0.05) is 11.9 Å². The fraction of sp³-hybridized carbons (Fsp3) is 0.462. The molecule has 1 heterocycles. The van der Waals surface area contributed by atoms with Crippen LogP contribution in [0.3, 0.4) is 0 Å². The van der Waals surface area contributed by atoms with Crippen molar-refractivity contribution in [1.82, 2.24) is 4.90 Å². The van der Waals surface area contributed by atoms with Gasteiger partial charge in [-0.2, -0.15) is 11.3 Å². The lowest BCUT2D eigenvalue weighted by Crippen LogP contribution is -2.33. The standard InChI is InChI=1S/C13H15NOS/c1-3-6-14(7-11-4-5-11)13(15)12-9-16-8-10(12)2/h1,8-9,11H,4-7H2,2H3. The molecule has 1 fully saturated rings. The van der Waals surface area contributed by atoms with Crippen LogP contribution in [0.2, 0.25) is 0 Å². The lowest BCUT2D eigenvalue weighted by atomic mass is 10.2. The molecule has 0 spiro atoms. The molecule has 1 aliphatic rings. The summed E-state index contributed by atoms with van der Waals surface area (Å²) in [7, 11) is 0. The number of amides is 1. The van der Waals surface area contributed by atoms with Crippen molar-refractivity contribution in [2.45, 2.75) is 19.8 Å². The molecule has 2 rings (SSSR count). The fourth-order valence-corrected chi connectivity index (χ4v) is 2.51. The van der Waals surface area contributed by atoms with Gasteiger partial charge < -0.3 is 4.90 Å². The quantitative estimate of drug-likeness (QED) is 0.732. The zero-order valence-corrected chi connectivity index (χ0v) is 10.2. The van der Waals surface area contributed by atoms with E-state index in [1.54, 1.807) is 16.2 Å². The van der Waals surface area contributed by atoms with E-state index in [9.17, 15) is 4.79 Å². The molecule has 2 nitrogen and oxygen atoms in total. The molecule has 16 heavy (non-hydrogen) atoms. The Morgan fingerprint density at radius 2 is 2.38 bits per heavy atom. The molecule has 0 atom stereocenters.